The SMILES string of the molecule is CC1CC(N)CN(C(=O)N2CCOCC2)C1. The molecule has 2 amide bonds. The van der Waals surface area contributed by atoms with E-state index in [1.54, 1.807) is 0 Å². The molecule has 0 spiro atoms. The van der Waals surface area contributed by atoms with Crippen molar-refractivity contribution in [2.24, 2.45) is 11.7 Å². The first kappa shape index (κ1) is 11.7. The predicted molar refractivity (Wildman–Crippen MR) is 61.1 cm³/mol. The van der Waals surface area contributed by atoms with E-state index in [4.69, 9.17) is 10.5 Å². The van der Waals surface area contributed by atoms with E-state index >= 15 is 0 Å². The van der Waals surface area contributed by atoms with Crippen molar-refractivity contribution < 1.29 is 9.53 Å². The number of piperidine rings is 1. The topological polar surface area (TPSA) is 58.8 Å². The minimum Gasteiger partial charge on any atom is -0.378 e. The molecule has 0 saturated carbocycles. The van der Waals surface area contributed by atoms with E-state index in [-0.39, 0.29) is 12.1 Å². The van der Waals surface area contributed by atoms with Crippen molar-refractivity contribution in [3.63, 3.8) is 0 Å². The smallest absolute Gasteiger partial charge is 0.320 e. The lowest BCUT2D eigenvalue weighted by Crippen LogP contribution is -2.55. The van der Waals surface area contributed by atoms with Gasteiger partial charge >= 0.3 is 6.03 Å². The van der Waals surface area contributed by atoms with Crippen LogP contribution in [0.1, 0.15) is 13.3 Å². The number of carbonyl (C=O) groups excluding carboxylic acids is 1. The van der Waals surface area contributed by atoms with Crippen LogP contribution < -0.4 is 5.73 Å². The molecule has 0 aromatic carbocycles. The highest BCUT2D eigenvalue weighted by molar-refractivity contribution is 5.74. The molecule has 16 heavy (non-hydrogen) atoms. The minimum absolute atomic E-state index is 0.130. The minimum atomic E-state index is 0.130. The van der Waals surface area contributed by atoms with Gasteiger partial charge in [0.2, 0.25) is 0 Å². The number of rotatable bonds is 0. The maximum absolute atomic E-state index is 12.2. The van der Waals surface area contributed by atoms with Crippen LogP contribution in [-0.2, 0) is 4.74 Å². The van der Waals surface area contributed by atoms with Gasteiger partial charge in [0.15, 0.2) is 0 Å². The van der Waals surface area contributed by atoms with Crippen LogP contribution in [-0.4, -0.2) is 61.3 Å². The molecule has 2 fully saturated rings. The molecule has 0 aliphatic carbocycles. The van der Waals surface area contributed by atoms with Gasteiger partial charge in [0.05, 0.1) is 13.2 Å². The number of amides is 2. The van der Waals surface area contributed by atoms with Gasteiger partial charge in [-0.15, -0.1) is 0 Å². The van der Waals surface area contributed by atoms with Crippen LogP contribution in [0.4, 0.5) is 4.79 Å². The van der Waals surface area contributed by atoms with Gasteiger partial charge in [-0.25, -0.2) is 4.79 Å². The second-order valence-corrected chi connectivity index (χ2v) is 4.89. The Morgan fingerprint density at radius 1 is 1.25 bits per heavy atom. The van der Waals surface area contributed by atoms with Gasteiger partial charge in [0.1, 0.15) is 0 Å². The first-order chi connectivity index (χ1) is 7.66. The number of hydrogen-bond acceptors (Lipinski definition) is 3. The van der Waals surface area contributed by atoms with Crippen LogP contribution >= 0.6 is 0 Å². The molecule has 0 aromatic rings. The molecule has 2 atom stereocenters. The zero-order valence-electron chi connectivity index (χ0n) is 9.89. The molecule has 2 saturated heterocycles. The molecule has 2 aliphatic rings. The van der Waals surface area contributed by atoms with Gasteiger partial charge in [0, 0.05) is 32.2 Å². The van der Waals surface area contributed by atoms with Gasteiger partial charge in [0.25, 0.3) is 0 Å². The molecule has 0 aromatic heterocycles. The van der Waals surface area contributed by atoms with E-state index in [2.05, 4.69) is 6.92 Å². The fourth-order valence-corrected chi connectivity index (χ4v) is 2.51. The number of nitrogens with two attached hydrogens (primary N) is 1. The summed E-state index contributed by atoms with van der Waals surface area (Å²) in [5.74, 6) is 0.508. The van der Waals surface area contributed by atoms with Crippen LogP contribution in [0, 0.1) is 5.92 Å². The maximum atomic E-state index is 12.2. The van der Waals surface area contributed by atoms with Crippen molar-refractivity contribution in [2.45, 2.75) is 19.4 Å². The molecule has 2 aliphatic heterocycles. The number of likely N-dealkylation sites (tertiary alicyclic amines) is 1. The third-order valence-corrected chi connectivity index (χ3v) is 3.24. The third kappa shape index (κ3) is 2.65. The molecule has 2 rings (SSSR count). The summed E-state index contributed by atoms with van der Waals surface area (Å²) in [6.45, 7) is 6.41. The second-order valence-electron chi connectivity index (χ2n) is 4.89. The quantitative estimate of drug-likeness (QED) is 0.639. The van der Waals surface area contributed by atoms with Crippen LogP contribution in [0.2, 0.25) is 0 Å². The largest absolute Gasteiger partial charge is 0.378 e. The monoisotopic (exact) mass is 227 g/mol. The van der Waals surface area contributed by atoms with Gasteiger partial charge in [-0.05, 0) is 12.3 Å². The van der Waals surface area contributed by atoms with Gasteiger partial charge in [-0.1, -0.05) is 6.92 Å². The van der Waals surface area contributed by atoms with Crippen molar-refractivity contribution in [1.82, 2.24) is 9.80 Å². The lowest BCUT2D eigenvalue weighted by atomic mass is 9.97. The number of nitrogens with zero attached hydrogens (tertiary/aromatic N) is 2. The first-order valence-electron chi connectivity index (χ1n) is 6.04. The summed E-state index contributed by atoms with van der Waals surface area (Å²) in [5, 5.41) is 0. The summed E-state index contributed by atoms with van der Waals surface area (Å²) in [5.41, 5.74) is 5.95. The molecule has 2 heterocycles. The molecule has 5 nitrogen and oxygen atoms in total. The average molecular weight is 227 g/mol. The maximum Gasteiger partial charge on any atom is 0.320 e. The zero-order chi connectivity index (χ0) is 11.5. The number of hydrogen-bond donors (Lipinski definition) is 1. The average Bonchev–Trinajstić information content (AvgIpc) is 2.28. The number of ether oxygens (including phenoxy) is 1. The first-order valence-corrected chi connectivity index (χ1v) is 6.04. The summed E-state index contributed by atoms with van der Waals surface area (Å²) < 4.78 is 5.24. The summed E-state index contributed by atoms with van der Waals surface area (Å²) in [7, 11) is 0. The fourth-order valence-electron chi connectivity index (χ4n) is 2.51. The van der Waals surface area contributed by atoms with E-state index in [1.165, 1.54) is 0 Å². The van der Waals surface area contributed by atoms with Crippen molar-refractivity contribution in [2.75, 3.05) is 39.4 Å². The highest BCUT2D eigenvalue weighted by Crippen LogP contribution is 2.16. The van der Waals surface area contributed by atoms with E-state index in [0.29, 0.717) is 38.8 Å². The molecular weight excluding hydrogens is 206 g/mol. The zero-order valence-corrected chi connectivity index (χ0v) is 9.89. The summed E-state index contributed by atoms with van der Waals surface area (Å²) in [6, 6.07) is 0.263. The number of carbonyl (C=O) groups is 1. The summed E-state index contributed by atoms with van der Waals surface area (Å²) in [4.78, 5) is 15.9. The number of urea groups is 1. The van der Waals surface area contributed by atoms with Crippen molar-refractivity contribution >= 4 is 6.03 Å². The Morgan fingerprint density at radius 3 is 2.56 bits per heavy atom. The molecule has 0 bridgehead atoms. The molecule has 0 radical (unpaired) electrons. The third-order valence-electron chi connectivity index (χ3n) is 3.24. The Bertz CT molecular complexity index is 244. The van der Waals surface area contributed by atoms with E-state index < -0.39 is 0 Å². The molecule has 92 valence electrons. The predicted octanol–water partition coefficient (Wildman–Crippen LogP) is 0.108. The Hall–Kier alpha value is -0.810. The van der Waals surface area contributed by atoms with Crippen LogP contribution in [0.3, 0.4) is 0 Å². The Morgan fingerprint density at radius 2 is 1.94 bits per heavy atom. The Labute approximate surface area is 96.5 Å². The summed E-state index contributed by atoms with van der Waals surface area (Å²) in [6.07, 6.45) is 1.02. The lowest BCUT2D eigenvalue weighted by Gasteiger charge is -2.39. The van der Waals surface area contributed by atoms with E-state index in [0.717, 1.165) is 13.0 Å². The molecule has 2 unspecified atom stereocenters. The van der Waals surface area contributed by atoms with Gasteiger partial charge in [-0.3, -0.25) is 0 Å². The Balaban J connectivity index is 1.92. The highest BCUT2D eigenvalue weighted by Gasteiger charge is 2.29. The van der Waals surface area contributed by atoms with E-state index in [1.807, 2.05) is 9.80 Å². The fraction of sp³-hybridized carbons (Fsp3) is 0.909. The standard InChI is InChI=1S/C11H21N3O2/c1-9-6-10(12)8-14(7-9)11(15)13-2-4-16-5-3-13/h9-10H,2-8,12H2,1H3. The number of morpholine rings is 1. The molecule has 2 N–H and O–H groups in total. The highest BCUT2D eigenvalue weighted by atomic mass is 16.5. The van der Waals surface area contributed by atoms with Gasteiger partial charge in [-0.2, -0.15) is 0 Å². The molecule has 5 heteroatoms. The second kappa shape index (κ2) is 5.01. The Kier molecular flexibility index (Phi) is 3.66. The van der Waals surface area contributed by atoms with Crippen LogP contribution in [0.15, 0.2) is 0 Å². The van der Waals surface area contributed by atoms with Crippen molar-refractivity contribution in [1.29, 1.82) is 0 Å². The van der Waals surface area contributed by atoms with Gasteiger partial charge < -0.3 is 20.3 Å². The summed E-state index contributed by atoms with van der Waals surface area (Å²) >= 11 is 0. The van der Waals surface area contributed by atoms with Crippen molar-refractivity contribution in [3.8, 4) is 0 Å². The molecular formula is C11H21N3O2. The van der Waals surface area contributed by atoms with Crippen LogP contribution in [0.5, 0.6) is 0 Å². The lowest BCUT2D eigenvalue weighted by molar-refractivity contribution is 0.0386. The van der Waals surface area contributed by atoms with E-state index in [9.17, 15) is 4.79 Å². The van der Waals surface area contributed by atoms with Crippen molar-refractivity contribution in [3.05, 3.63) is 0 Å². The van der Waals surface area contributed by atoms with Crippen LogP contribution in [0.25, 0.3) is 0 Å². The normalized spacial score (nSPS) is 31.6.